The maximum atomic E-state index is 13.2. The first-order chi connectivity index (χ1) is 10.6. The molecule has 0 bridgehead atoms. The van der Waals surface area contributed by atoms with E-state index in [-0.39, 0.29) is 18.1 Å². The highest BCUT2D eigenvalue weighted by Gasteiger charge is 2.09. The standard InChI is InChI=1S/C17H17F2NO2/c1-22-16-7-6-15(19)10-13(16)11-17(21)20-9-8-12-2-4-14(18)5-3-12/h2-7,10H,8-9,11H2,1H3,(H,20,21). The summed E-state index contributed by atoms with van der Waals surface area (Å²) in [6.07, 6.45) is 0.649. The van der Waals surface area contributed by atoms with Crippen molar-refractivity contribution in [2.45, 2.75) is 12.8 Å². The minimum absolute atomic E-state index is 0.0460. The number of nitrogens with one attached hydrogen (secondary N) is 1. The van der Waals surface area contributed by atoms with Crippen molar-refractivity contribution in [1.82, 2.24) is 5.32 Å². The maximum absolute atomic E-state index is 13.2. The molecule has 0 saturated carbocycles. The summed E-state index contributed by atoms with van der Waals surface area (Å²) in [7, 11) is 1.48. The lowest BCUT2D eigenvalue weighted by Crippen LogP contribution is -2.27. The Balaban J connectivity index is 1.85. The van der Waals surface area contributed by atoms with Gasteiger partial charge in [-0.05, 0) is 42.3 Å². The second kappa shape index (κ2) is 7.54. The molecule has 2 aromatic carbocycles. The molecule has 0 aliphatic carbocycles. The molecule has 0 fully saturated rings. The van der Waals surface area contributed by atoms with Crippen LogP contribution in [-0.4, -0.2) is 19.6 Å². The summed E-state index contributed by atoms with van der Waals surface area (Å²) >= 11 is 0. The Morgan fingerprint density at radius 3 is 2.45 bits per heavy atom. The first-order valence-electron chi connectivity index (χ1n) is 6.92. The molecule has 0 aliphatic rings. The number of rotatable bonds is 6. The molecule has 0 radical (unpaired) electrons. The summed E-state index contributed by atoms with van der Waals surface area (Å²) in [4.78, 5) is 11.9. The highest BCUT2D eigenvalue weighted by atomic mass is 19.1. The molecular formula is C17H17F2NO2. The number of amides is 1. The van der Waals surface area contributed by atoms with E-state index in [4.69, 9.17) is 4.74 Å². The molecule has 0 aromatic heterocycles. The molecule has 0 atom stereocenters. The average Bonchev–Trinajstić information content (AvgIpc) is 2.49. The molecule has 22 heavy (non-hydrogen) atoms. The Hall–Kier alpha value is -2.43. The van der Waals surface area contributed by atoms with Crippen molar-refractivity contribution in [3.05, 3.63) is 65.2 Å². The van der Waals surface area contributed by atoms with E-state index in [9.17, 15) is 13.6 Å². The number of halogens is 2. The zero-order valence-corrected chi connectivity index (χ0v) is 12.2. The third kappa shape index (κ3) is 4.55. The van der Waals surface area contributed by atoms with Crippen LogP contribution in [0.2, 0.25) is 0 Å². The van der Waals surface area contributed by atoms with E-state index < -0.39 is 5.82 Å². The summed E-state index contributed by atoms with van der Waals surface area (Å²) in [6.45, 7) is 0.433. The smallest absolute Gasteiger partial charge is 0.224 e. The van der Waals surface area contributed by atoms with Crippen molar-refractivity contribution < 1.29 is 18.3 Å². The number of ether oxygens (including phenoxy) is 1. The molecule has 1 N–H and O–H groups in total. The molecule has 0 unspecified atom stereocenters. The Labute approximate surface area is 127 Å². The summed E-state index contributed by atoms with van der Waals surface area (Å²) < 4.78 is 31.1. The van der Waals surface area contributed by atoms with Gasteiger partial charge in [-0.25, -0.2) is 8.78 Å². The van der Waals surface area contributed by atoms with Crippen molar-refractivity contribution in [3.8, 4) is 5.75 Å². The van der Waals surface area contributed by atoms with Crippen molar-refractivity contribution in [1.29, 1.82) is 0 Å². The van der Waals surface area contributed by atoms with E-state index in [1.54, 1.807) is 12.1 Å². The molecule has 2 aromatic rings. The molecular weight excluding hydrogens is 288 g/mol. The quantitative estimate of drug-likeness (QED) is 0.891. The first kappa shape index (κ1) is 15.9. The number of hydrogen-bond acceptors (Lipinski definition) is 2. The average molecular weight is 305 g/mol. The molecule has 5 heteroatoms. The Morgan fingerprint density at radius 2 is 1.77 bits per heavy atom. The highest BCUT2D eigenvalue weighted by Crippen LogP contribution is 2.19. The van der Waals surface area contributed by atoms with Crippen LogP contribution in [0.15, 0.2) is 42.5 Å². The van der Waals surface area contributed by atoms with Crippen LogP contribution in [0.3, 0.4) is 0 Å². The predicted molar refractivity (Wildman–Crippen MR) is 79.8 cm³/mol. The van der Waals surface area contributed by atoms with Gasteiger partial charge in [0, 0.05) is 12.1 Å². The number of carbonyl (C=O) groups is 1. The predicted octanol–water partition coefficient (Wildman–Crippen LogP) is 2.87. The van der Waals surface area contributed by atoms with Crippen molar-refractivity contribution in [2.75, 3.05) is 13.7 Å². The lowest BCUT2D eigenvalue weighted by atomic mass is 10.1. The molecule has 0 saturated heterocycles. The van der Waals surface area contributed by atoms with Crippen molar-refractivity contribution in [2.24, 2.45) is 0 Å². The number of benzene rings is 2. The van der Waals surface area contributed by atoms with Crippen LogP contribution >= 0.6 is 0 Å². The van der Waals surface area contributed by atoms with E-state index in [2.05, 4.69) is 5.32 Å². The van der Waals surface area contributed by atoms with Gasteiger partial charge in [0.15, 0.2) is 0 Å². The minimum Gasteiger partial charge on any atom is -0.496 e. The van der Waals surface area contributed by atoms with Crippen LogP contribution in [0, 0.1) is 11.6 Å². The zero-order valence-electron chi connectivity index (χ0n) is 12.2. The molecule has 1 amide bonds. The summed E-state index contributed by atoms with van der Waals surface area (Å²) in [5.41, 5.74) is 1.44. The molecule has 0 aliphatic heterocycles. The second-order valence-electron chi connectivity index (χ2n) is 4.86. The third-order valence-corrected chi connectivity index (χ3v) is 3.24. The molecule has 2 rings (SSSR count). The van der Waals surface area contributed by atoms with Gasteiger partial charge in [-0.15, -0.1) is 0 Å². The maximum Gasteiger partial charge on any atom is 0.224 e. The Morgan fingerprint density at radius 1 is 1.09 bits per heavy atom. The summed E-state index contributed by atoms with van der Waals surface area (Å²) in [6, 6.07) is 10.2. The second-order valence-corrected chi connectivity index (χ2v) is 4.86. The number of hydrogen-bond donors (Lipinski definition) is 1. The summed E-state index contributed by atoms with van der Waals surface area (Å²) in [5.74, 6) is -0.429. The van der Waals surface area contributed by atoms with Crippen molar-refractivity contribution in [3.63, 3.8) is 0 Å². The third-order valence-electron chi connectivity index (χ3n) is 3.24. The molecule has 3 nitrogen and oxygen atoms in total. The van der Waals surface area contributed by atoms with Crippen LogP contribution in [-0.2, 0) is 17.6 Å². The zero-order chi connectivity index (χ0) is 15.9. The Kier molecular flexibility index (Phi) is 5.47. The fraction of sp³-hybridized carbons (Fsp3) is 0.235. The molecule has 116 valence electrons. The fourth-order valence-electron chi connectivity index (χ4n) is 2.12. The van der Waals surface area contributed by atoms with Crippen LogP contribution < -0.4 is 10.1 Å². The van der Waals surface area contributed by atoms with Gasteiger partial charge >= 0.3 is 0 Å². The lowest BCUT2D eigenvalue weighted by Gasteiger charge is -2.09. The number of methoxy groups -OCH3 is 1. The molecule has 0 spiro atoms. The monoisotopic (exact) mass is 305 g/mol. The van der Waals surface area contributed by atoms with Crippen molar-refractivity contribution >= 4 is 5.91 Å². The fourth-order valence-corrected chi connectivity index (χ4v) is 2.12. The van der Waals surface area contributed by atoms with Crippen LogP contribution in [0.25, 0.3) is 0 Å². The van der Waals surface area contributed by atoms with Crippen LogP contribution in [0.4, 0.5) is 8.78 Å². The largest absolute Gasteiger partial charge is 0.496 e. The van der Waals surface area contributed by atoms with E-state index in [0.29, 0.717) is 24.3 Å². The molecule has 0 heterocycles. The first-order valence-corrected chi connectivity index (χ1v) is 6.92. The van der Waals surface area contributed by atoms with E-state index >= 15 is 0 Å². The normalized spacial score (nSPS) is 10.3. The van der Waals surface area contributed by atoms with Gasteiger partial charge in [-0.3, -0.25) is 4.79 Å². The van der Waals surface area contributed by atoms with Gasteiger partial charge in [0.2, 0.25) is 5.91 Å². The van der Waals surface area contributed by atoms with Gasteiger partial charge in [-0.1, -0.05) is 12.1 Å². The van der Waals surface area contributed by atoms with Crippen LogP contribution in [0.5, 0.6) is 5.75 Å². The highest BCUT2D eigenvalue weighted by molar-refractivity contribution is 5.79. The Bertz CT molecular complexity index is 642. The van der Waals surface area contributed by atoms with E-state index in [0.717, 1.165) is 5.56 Å². The topological polar surface area (TPSA) is 38.3 Å². The van der Waals surface area contributed by atoms with E-state index in [1.807, 2.05) is 0 Å². The van der Waals surface area contributed by atoms with Gasteiger partial charge < -0.3 is 10.1 Å². The van der Waals surface area contributed by atoms with E-state index in [1.165, 1.54) is 37.4 Å². The van der Waals surface area contributed by atoms with Crippen LogP contribution in [0.1, 0.15) is 11.1 Å². The lowest BCUT2D eigenvalue weighted by molar-refractivity contribution is -0.120. The minimum atomic E-state index is -0.407. The van der Waals surface area contributed by atoms with Gasteiger partial charge in [0.05, 0.1) is 13.5 Å². The number of carbonyl (C=O) groups excluding carboxylic acids is 1. The SMILES string of the molecule is COc1ccc(F)cc1CC(=O)NCCc1ccc(F)cc1. The summed E-state index contributed by atoms with van der Waals surface area (Å²) in [5, 5.41) is 2.75. The van der Waals surface area contributed by atoms with Gasteiger partial charge in [0.25, 0.3) is 0 Å². The van der Waals surface area contributed by atoms with Gasteiger partial charge in [0.1, 0.15) is 17.4 Å². The van der Waals surface area contributed by atoms with Gasteiger partial charge in [-0.2, -0.15) is 0 Å².